The molecule has 0 unspecified atom stereocenters. The van der Waals surface area contributed by atoms with Crippen molar-refractivity contribution in [2.24, 2.45) is 0 Å². The number of phenols is 1. The van der Waals surface area contributed by atoms with Gasteiger partial charge in [0, 0.05) is 17.0 Å². The van der Waals surface area contributed by atoms with Crippen molar-refractivity contribution in [1.29, 1.82) is 5.26 Å². The van der Waals surface area contributed by atoms with Crippen molar-refractivity contribution in [3.8, 4) is 17.7 Å². The van der Waals surface area contributed by atoms with E-state index in [0.29, 0.717) is 16.8 Å². The van der Waals surface area contributed by atoms with Gasteiger partial charge in [0.15, 0.2) is 0 Å². The third-order valence-electron chi connectivity index (χ3n) is 2.15. The summed E-state index contributed by atoms with van der Waals surface area (Å²) in [5, 5.41) is 19.6. The predicted octanol–water partition coefficient (Wildman–Crippen LogP) is 1.82. The molecule has 0 aliphatic rings. The first-order valence-electron chi connectivity index (χ1n) is 4.32. The number of rotatable bonds is 1. The highest BCUT2D eigenvalue weighted by molar-refractivity contribution is 5.92. The number of pyridine rings is 1. The lowest BCUT2D eigenvalue weighted by Crippen LogP contribution is -1.91. The van der Waals surface area contributed by atoms with Gasteiger partial charge < -0.3 is 9.84 Å². The molecular formula is C11H8N2O2. The number of nitriles is 1. The molecule has 0 atom stereocenters. The Morgan fingerprint density at radius 3 is 2.87 bits per heavy atom. The molecule has 0 bridgehead atoms. The van der Waals surface area contributed by atoms with Crippen molar-refractivity contribution in [3.05, 3.63) is 30.0 Å². The second kappa shape index (κ2) is 3.46. The molecule has 1 N–H and O–H groups in total. The van der Waals surface area contributed by atoms with Crippen molar-refractivity contribution in [2.75, 3.05) is 7.11 Å². The second-order valence-electron chi connectivity index (χ2n) is 3.02. The third kappa shape index (κ3) is 1.44. The first-order chi connectivity index (χ1) is 7.26. The van der Waals surface area contributed by atoms with Crippen LogP contribution in [0.15, 0.2) is 24.4 Å². The van der Waals surface area contributed by atoms with Crippen LogP contribution in [0.2, 0.25) is 0 Å². The van der Waals surface area contributed by atoms with Crippen LogP contribution in [0.25, 0.3) is 10.8 Å². The molecule has 0 amide bonds. The summed E-state index contributed by atoms with van der Waals surface area (Å²) in [6.07, 6.45) is 1.46. The minimum Gasteiger partial charge on any atom is -0.508 e. The van der Waals surface area contributed by atoms with Crippen LogP contribution in [0.5, 0.6) is 11.6 Å². The Hall–Kier alpha value is -2.28. The van der Waals surface area contributed by atoms with E-state index in [1.54, 1.807) is 6.07 Å². The van der Waals surface area contributed by atoms with E-state index in [2.05, 4.69) is 4.98 Å². The maximum absolute atomic E-state index is 9.35. The van der Waals surface area contributed by atoms with Gasteiger partial charge in [-0.25, -0.2) is 4.98 Å². The molecule has 2 aromatic rings. The highest BCUT2D eigenvalue weighted by Gasteiger charge is 2.07. The number of aromatic nitrogens is 1. The molecule has 4 nitrogen and oxygen atoms in total. The van der Waals surface area contributed by atoms with Gasteiger partial charge in [0.25, 0.3) is 0 Å². The average Bonchev–Trinajstić information content (AvgIpc) is 2.27. The van der Waals surface area contributed by atoms with Gasteiger partial charge in [-0.3, -0.25) is 0 Å². The smallest absolute Gasteiger partial charge is 0.221 e. The zero-order valence-electron chi connectivity index (χ0n) is 8.06. The number of hydrogen-bond acceptors (Lipinski definition) is 4. The van der Waals surface area contributed by atoms with Gasteiger partial charge in [-0.05, 0) is 18.2 Å². The van der Waals surface area contributed by atoms with Crippen LogP contribution in [-0.2, 0) is 0 Å². The Morgan fingerprint density at radius 2 is 2.20 bits per heavy atom. The lowest BCUT2D eigenvalue weighted by atomic mass is 10.1. The number of aromatic hydroxyl groups is 1. The maximum Gasteiger partial charge on any atom is 0.221 e. The summed E-state index contributed by atoms with van der Waals surface area (Å²) in [6, 6.07) is 6.78. The molecule has 4 heteroatoms. The van der Waals surface area contributed by atoms with Crippen LogP contribution >= 0.6 is 0 Å². The Kier molecular flexibility index (Phi) is 2.14. The number of benzene rings is 1. The first kappa shape index (κ1) is 9.28. The summed E-state index contributed by atoms with van der Waals surface area (Å²) in [4.78, 5) is 3.98. The normalized spacial score (nSPS) is 9.87. The van der Waals surface area contributed by atoms with E-state index in [1.165, 1.54) is 25.4 Å². The molecule has 0 spiro atoms. The van der Waals surface area contributed by atoms with Gasteiger partial charge in [0.05, 0.1) is 12.7 Å². The molecule has 0 radical (unpaired) electrons. The molecule has 1 heterocycles. The lowest BCUT2D eigenvalue weighted by Gasteiger charge is -2.05. The van der Waals surface area contributed by atoms with Crippen molar-refractivity contribution in [1.82, 2.24) is 4.98 Å². The highest BCUT2D eigenvalue weighted by Crippen LogP contribution is 2.28. The fraction of sp³-hybridized carbons (Fsp3) is 0.0909. The number of methoxy groups -OCH3 is 1. The van der Waals surface area contributed by atoms with Gasteiger partial charge in [-0.2, -0.15) is 5.26 Å². The monoisotopic (exact) mass is 200 g/mol. The fourth-order valence-electron chi connectivity index (χ4n) is 1.46. The van der Waals surface area contributed by atoms with E-state index in [1.807, 2.05) is 6.07 Å². The van der Waals surface area contributed by atoms with Gasteiger partial charge in [-0.15, -0.1) is 0 Å². The minimum atomic E-state index is 0.123. The van der Waals surface area contributed by atoms with Crippen molar-refractivity contribution < 1.29 is 9.84 Å². The van der Waals surface area contributed by atoms with Crippen LogP contribution in [0.3, 0.4) is 0 Å². The second-order valence-corrected chi connectivity index (χ2v) is 3.02. The van der Waals surface area contributed by atoms with E-state index in [-0.39, 0.29) is 5.75 Å². The van der Waals surface area contributed by atoms with Gasteiger partial charge in [-0.1, -0.05) is 0 Å². The lowest BCUT2D eigenvalue weighted by molar-refractivity contribution is 0.403. The quantitative estimate of drug-likeness (QED) is 0.762. The molecule has 74 valence electrons. The van der Waals surface area contributed by atoms with Crippen molar-refractivity contribution in [3.63, 3.8) is 0 Å². The number of phenolic OH excluding ortho intramolecular Hbond substituents is 1. The molecule has 0 saturated carbocycles. The topological polar surface area (TPSA) is 66.1 Å². The Labute approximate surface area is 86.4 Å². The summed E-state index contributed by atoms with van der Waals surface area (Å²) in [6.45, 7) is 0. The van der Waals surface area contributed by atoms with Gasteiger partial charge in [0.2, 0.25) is 5.88 Å². The van der Waals surface area contributed by atoms with E-state index < -0.39 is 0 Å². The highest BCUT2D eigenvalue weighted by atomic mass is 16.5. The molecular weight excluding hydrogens is 192 g/mol. The molecule has 0 fully saturated rings. The summed E-state index contributed by atoms with van der Waals surface area (Å²) in [5.74, 6) is 0.526. The number of ether oxygens (including phenoxy) is 1. The van der Waals surface area contributed by atoms with Crippen molar-refractivity contribution >= 4 is 10.8 Å². The van der Waals surface area contributed by atoms with Crippen LogP contribution in [0.4, 0.5) is 0 Å². The zero-order chi connectivity index (χ0) is 10.8. The minimum absolute atomic E-state index is 0.123. The summed E-state index contributed by atoms with van der Waals surface area (Å²) < 4.78 is 5.05. The van der Waals surface area contributed by atoms with Gasteiger partial charge in [0.1, 0.15) is 11.8 Å². The molecule has 0 saturated heterocycles. The van der Waals surface area contributed by atoms with Crippen LogP contribution in [0.1, 0.15) is 5.56 Å². The van der Waals surface area contributed by atoms with Gasteiger partial charge >= 0.3 is 0 Å². The molecule has 0 aliphatic heterocycles. The Bertz CT molecular complexity index is 558. The Balaban J connectivity index is 2.88. The van der Waals surface area contributed by atoms with Crippen molar-refractivity contribution in [2.45, 2.75) is 0 Å². The number of nitrogens with zero attached hydrogens (tertiary/aromatic N) is 2. The fourth-order valence-corrected chi connectivity index (χ4v) is 1.46. The number of hydrogen-bond donors (Lipinski definition) is 1. The first-order valence-corrected chi connectivity index (χ1v) is 4.32. The van der Waals surface area contributed by atoms with Crippen LogP contribution in [0, 0.1) is 11.3 Å². The SMILES string of the molecule is COc1ncc(C#N)c2ccc(O)cc12. The molecule has 1 aromatic heterocycles. The predicted molar refractivity (Wildman–Crippen MR) is 54.7 cm³/mol. The van der Waals surface area contributed by atoms with Crippen LogP contribution in [-0.4, -0.2) is 17.2 Å². The molecule has 2 rings (SSSR count). The van der Waals surface area contributed by atoms with E-state index in [0.717, 1.165) is 5.39 Å². The molecule has 15 heavy (non-hydrogen) atoms. The summed E-state index contributed by atoms with van der Waals surface area (Å²) >= 11 is 0. The molecule has 0 aliphatic carbocycles. The van der Waals surface area contributed by atoms with Crippen LogP contribution < -0.4 is 4.74 Å². The van der Waals surface area contributed by atoms with E-state index in [9.17, 15) is 5.11 Å². The largest absolute Gasteiger partial charge is 0.508 e. The van der Waals surface area contributed by atoms with E-state index in [4.69, 9.17) is 10.00 Å². The standard InChI is InChI=1S/C11H8N2O2/c1-15-11-10-4-8(14)2-3-9(10)7(5-12)6-13-11/h2-4,6,14H,1H3. The Morgan fingerprint density at radius 1 is 1.40 bits per heavy atom. The number of fused-ring (bicyclic) bond motifs is 1. The average molecular weight is 200 g/mol. The van der Waals surface area contributed by atoms with E-state index >= 15 is 0 Å². The maximum atomic E-state index is 9.35. The summed E-state index contributed by atoms with van der Waals surface area (Å²) in [7, 11) is 1.50. The summed E-state index contributed by atoms with van der Waals surface area (Å²) in [5.41, 5.74) is 0.464. The third-order valence-corrected chi connectivity index (χ3v) is 2.15. The zero-order valence-corrected chi connectivity index (χ0v) is 8.06. The molecule has 1 aromatic carbocycles.